The number of rotatable bonds is 2. The minimum Gasteiger partial charge on any atom is -0.395 e. The highest BCUT2D eigenvalue weighted by atomic mass is 19.1. The van der Waals surface area contributed by atoms with Gasteiger partial charge in [-0.15, -0.1) is 0 Å². The molecule has 1 aliphatic rings. The third-order valence-corrected chi connectivity index (χ3v) is 2.31. The van der Waals surface area contributed by atoms with Gasteiger partial charge in [0.2, 0.25) is 5.91 Å². The molecule has 1 saturated heterocycles. The van der Waals surface area contributed by atoms with Crippen LogP contribution in [0, 0.1) is 0 Å². The maximum atomic E-state index is 13.3. The van der Waals surface area contributed by atoms with Crippen LogP contribution >= 0.6 is 0 Å². The van der Waals surface area contributed by atoms with Crippen LogP contribution in [0.4, 0.5) is 4.39 Å². The molecule has 6 heteroatoms. The third kappa shape index (κ3) is 2.40. The summed E-state index contributed by atoms with van der Waals surface area (Å²) in [4.78, 5) is 10.7. The van der Waals surface area contributed by atoms with Crippen molar-refractivity contribution in [1.82, 2.24) is 10.6 Å². The average molecular weight is 206 g/mol. The summed E-state index contributed by atoms with van der Waals surface area (Å²) in [5, 5.41) is 23.3. The predicted octanol–water partition coefficient (Wildman–Crippen LogP) is -1.85. The van der Waals surface area contributed by atoms with E-state index in [1.807, 2.05) is 0 Å². The Hall–Kier alpha value is -0.720. The van der Waals surface area contributed by atoms with Crippen molar-refractivity contribution in [1.29, 1.82) is 0 Å². The molecule has 1 heterocycles. The zero-order chi connectivity index (χ0) is 10.7. The monoisotopic (exact) mass is 206 g/mol. The normalized spacial score (nSPS) is 38.0. The number of aliphatic hydroxyl groups is 2. The molecule has 82 valence electrons. The molecule has 1 aliphatic heterocycles. The second-order valence-electron chi connectivity index (χ2n) is 3.44. The maximum absolute atomic E-state index is 13.3. The van der Waals surface area contributed by atoms with E-state index in [-0.39, 0.29) is 19.1 Å². The number of hydrogen-bond donors (Lipinski definition) is 4. The fraction of sp³-hybridized carbons (Fsp3) is 0.875. The van der Waals surface area contributed by atoms with Crippen molar-refractivity contribution < 1.29 is 19.4 Å². The molecule has 1 fully saturated rings. The molecule has 0 bridgehead atoms. The zero-order valence-electron chi connectivity index (χ0n) is 7.90. The largest absolute Gasteiger partial charge is 0.395 e. The van der Waals surface area contributed by atoms with E-state index in [0.717, 1.165) is 0 Å². The molecule has 1 amide bonds. The fourth-order valence-electron chi connectivity index (χ4n) is 1.53. The smallest absolute Gasteiger partial charge is 0.217 e. The van der Waals surface area contributed by atoms with Gasteiger partial charge < -0.3 is 20.8 Å². The molecule has 0 unspecified atom stereocenters. The lowest BCUT2D eigenvalue weighted by Crippen LogP contribution is -2.63. The highest BCUT2D eigenvalue weighted by Gasteiger charge is 2.38. The van der Waals surface area contributed by atoms with E-state index in [9.17, 15) is 14.3 Å². The van der Waals surface area contributed by atoms with Gasteiger partial charge in [-0.1, -0.05) is 0 Å². The van der Waals surface area contributed by atoms with Crippen molar-refractivity contribution >= 4 is 5.91 Å². The Bertz CT molecular complexity index is 215. The van der Waals surface area contributed by atoms with Gasteiger partial charge >= 0.3 is 0 Å². The lowest BCUT2D eigenvalue weighted by Gasteiger charge is -2.36. The summed E-state index contributed by atoms with van der Waals surface area (Å²) in [5.74, 6) is -0.314. The van der Waals surface area contributed by atoms with Gasteiger partial charge in [0.15, 0.2) is 0 Å². The van der Waals surface area contributed by atoms with Crippen LogP contribution in [0.15, 0.2) is 0 Å². The molecule has 0 spiro atoms. The first-order valence-electron chi connectivity index (χ1n) is 4.49. The number of alkyl halides is 1. The fourth-order valence-corrected chi connectivity index (χ4v) is 1.53. The topological polar surface area (TPSA) is 81.6 Å². The van der Waals surface area contributed by atoms with Crippen molar-refractivity contribution in [3.05, 3.63) is 0 Å². The van der Waals surface area contributed by atoms with Crippen LogP contribution in [0.5, 0.6) is 0 Å². The van der Waals surface area contributed by atoms with Crippen molar-refractivity contribution in [3.63, 3.8) is 0 Å². The molecule has 1 rings (SSSR count). The second-order valence-corrected chi connectivity index (χ2v) is 3.44. The Kier molecular flexibility index (Phi) is 3.79. The van der Waals surface area contributed by atoms with Crippen LogP contribution < -0.4 is 10.6 Å². The second kappa shape index (κ2) is 4.68. The number of nitrogens with one attached hydrogen (secondary N) is 2. The van der Waals surface area contributed by atoms with E-state index in [4.69, 9.17) is 5.11 Å². The van der Waals surface area contributed by atoms with Gasteiger partial charge in [0.1, 0.15) is 12.3 Å². The summed E-state index contributed by atoms with van der Waals surface area (Å²) in [6, 6.07) is -1.39. The van der Waals surface area contributed by atoms with Gasteiger partial charge in [-0.25, -0.2) is 4.39 Å². The number of hydrogen-bond acceptors (Lipinski definition) is 4. The molecule has 0 aromatic carbocycles. The van der Waals surface area contributed by atoms with Crippen LogP contribution in [-0.2, 0) is 4.79 Å². The van der Waals surface area contributed by atoms with Gasteiger partial charge in [-0.05, 0) is 0 Å². The van der Waals surface area contributed by atoms with Gasteiger partial charge in [-0.2, -0.15) is 0 Å². The molecule has 0 saturated carbocycles. The van der Waals surface area contributed by atoms with Crippen LogP contribution in [0.2, 0.25) is 0 Å². The van der Waals surface area contributed by atoms with Crippen LogP contribution in [0.1, 0.15) is 6.92 Å². The highest BCUT2D eigenvalue weighted by Crippen LogP contribution is 2.13. The lowest BCUT2D eigenvalue weighted by molar-refractivity contribution is -0.121. The van der Waals surface area contributed by atoms with Crippen molar-refractivity contribution in [2.45, 2.75) is 31.3 Å². The first-order chi connectivity index (χ1) is 6.56. The SMILES string of the molecule is CC(=O)N[C@H]1CN[C@H](CO)[C@@H](F)[C@@H]1O. The molecule has 0 aromatic rings. The molecule has 4 N–H and O–H groups in total. The van der Waals surface area contributed by atoms with E-state index >= 15 is 0 Å². The lowest BCUT2D eigenvalue weighted by atomic mass is 9.96. The third-order valence-electron chi connectivity index (χ3n) is 2.31. The van der Waals surface area contributed by atoms with E-state index in [0.29, 0.717) is 0 Å². The van der Waals surface area contributed by atoms with E-state index in [2.05, 4.69) is 10.6 Å². The predicted molar refractivity (Wildman–Crippen MR) is 47.4 cm³/mol. The van der Waals surface area contributed by atoms with E-state index < -0.39 is 24.4 Å². The average Bonchev–Trinajstić information content (AvgIpc) is 2.13. The Morgan fingerprint density at radius 1 is 1.71 bits per heavy atom. The maximum Gasteiger partial charge on any atom is 0.217 e. The Morgan fingerprint density at radius 3 is 2.86 bits per heavy atom. The molecule has 4 atom stereocenters. The standard InChI is InChI=1S/C8H15FN2O3/c1-4(13)11-5-2-10-6(3-12)7(9)8(5)14/h5-8,10,12,14H,2-3H2,1H3,(H,11,13)/t5-,6+,7+,8+/m0/s1. The van der Waals surface area contributed by atoms with Crippen molar-refractivity contribution in [3.8, 4) is 0 Å². The number of aliphatic hydroxyl groups excluding tert-OH is 2. The first-order valence-corrected chi connectivity index (χ1v) is 4.49. The number of halogens is 1. The molecular formula is C8H15FN2O3. The summed E-state index contributed by atoms with van der Waals surface area (Å²) >= 11 is 0. The van der Waals surface area contributed by atoms with E-state index in [1.165, 1.54) is 6.92 Å². The minimum absolute atomic E-state index is 0.256. The molecule has 0 aromatic heterocycles. The number of amides is 1. The molecule has 5 nitrogen and oxygen atoms in total. The van der Waals surface area contributed by atoms with E-state index in [1.54, 1.807) is 0 Å². The summed E-state index contributed by atoms with van der Waals surface area (Å²) < 4.78 is 13.3. The van der Waals surface area contributed by atoms with Gasteiger partial charge in [0, 0.05) is 13.5 Å². The minimum atomic E-state index is -1.56. The zero-order valence-corrected chi connectivity index (χ0v) is 7.90. The number of piperidine rings is 1. The molecular weight excluding hydrogens is 191 g/mol. The Morgan fingerprint density at radius 2 is 2.36 bits per heavy atom. The quantitative estimate of drug-likeness (QED) is 0.428. The van der Waals surface area contributed by atoms with Gasteiger partial charge in [0.25, 0.3) is 0 Å². The molecule has 0 aliphatic carbocycles. The van der Waals surface area contributed by atoms with Gasteiger partial charge in [-0.3, -0.25) is 4.79 Å². The van der Waals surface area contributed by atoms with Crippen LogP contribution in [0.3, 0.4) is 0 Å². The summed E-state index contributed by atoms with van der Waals surface area (Å²) in [6.45, 7) is 1.19. The van der Waals surface area contributed by atoms with Gasteiger partial charge in [0.05, 0.1) is 18.7 Å². The molecule has 0 radical (unpaired) electrons. The summed E-state index contributed by atoms with van der Waals surface area (Å²) in [5.41, 5.74) is 0. The van der Waals surface area contributed by atoms with Crippen molar-refractivity contribution in [2.75, 3.05) is 13.2 Å². The number of carbonyl (C=O) groups excluding carboxylic acids is 1. The number of carbonyl (C=O) groups is 1. The Labute approximate surface area is 81.3 Å². The first kappa shape index (κ1) is 11.4. The van der Waals surface area contributed by atoms with Crippen LogP contribution in [0.25, 0.3) is 0 Å². The highest BCUT2D eigenvalue weighted by molar-refractivity contribution is 5.73. The summed E-state index contributed by atoms with van der Waals surface area (Å²) in [6.07, 6.45) is -2.83. The molecule has 14 heavy (non-hydrogen) atoms. The Balaban J connectivity index is 2.54. The van der Waals surface area contributed by atoms with Crippen molar-refractivity contribution in [2.24, 2.45) is 0 Å². The van der Waals surface area contributed by atoms with Crippen LogP contribution in [-0.4, -0.2) is 53.6 Å². The summed E-state index contributed by atoms with van der Waals surface area (Å²) in [7, 11) is 0.